The van der Waals surface area contributed by atoms with Gasteiger partial charge in [-0.15, -0.1) is 11.3 Å². The zero-order valence-electron chi connectivity index (χ0n) is 12.6. The van der Waals surface area contributed by atoms with Crippen LogP contribution in [0.5, 0.6) is 0 Å². The zero-order valence-corrected chi connectivity index (χ0v) is 13.4. The monoisotopic (exact) mass is 337 g/mol. The first-order valence-corrected chi connectivity index (χ1v) is 7.63. The Morgan fingerprint density at radius 3 is 2.70 bits per heavy atom. The number of rotatable bonds is 4. The second-order valence-electron chi connectivity index (χ2n) is 4.57. The number of nitrogens with zero attached hydrogens (tertiary/aromatic N) is 2. The molecule has 2 aromatic heterocycles. The van der Waals surface area contributed by atoms with Gasteiger partial charge >= 0.3 is 11.8 Å². The number of nitrogens with one attached hydrogen (secondary N) is 1. The summed E-state index contributed by atoms with van der Waals surface area (Å²) in [7, 11) is 1.27. The second kappa shape index (κ2) is 7.05. The van der Waals surface area contributed by atoms with Gasteiger partial charge < -0.3 is 4.74 Å². The van der Waals surface area contributed by atoms with Crippen molar-refractivity contribution in [3.8, 4) is 0 Å². The molecule has 0 aromatic carbocycles. The fraction of sp³-hybridized carbons (Fsp3) is 0.286. The molecular weight excluding hydrogens is 322 g/mol. The third kappa shape index (κ3) is 3.75. The molecule has 8 nitrogen and oxygen atoms in total. The number of carbonyl (C=O) groups excluding carboxylic acids is 2. The lowest BCUT2D eigenvalue weighted by molar-refractivity contribution is 0.0922. The molecule has 0 saturated carbocycles. The van der Waals surface area contributed by atoms with Gasteiger partial charge in [-0.1, -0.05) is 6.07 Å². The van der Waals surface area contributed by atoms with E-state index < -0.39 is 23.2 Å². The lowest BCUT2D eigenvalue weighted by Gasteiger charge is -2.09. The summed E-state index contributed by atoms with van der Waals surface area (Å²) < 4.78 is 6.67. The van der Waals surface area contributed by atoms with E-state index in [2.05, 4.69) is 4.74 Å². The average molecular weight is 337 g/mol. The van der Waals surface area contributed by atoms with Crippen molar-refractivity contribution in [3.63, 3.8) is 0 Å². The Morgan fingerprint density at radius 2 is 2.09 bits per heavy atom. The highest BCUT2D eigenvalue weighted by Gasteiger charge is 2.18. The molecule has 0 atom stereocenters. The Bertz CT molecular complexity index is 835. The van der Waals surface area contributed by atoms with Crippen molar-refractivity contribution in [1.29, 1.82) is 0 Å². The maximum absolute atomic E-state index is 12.1. The van der Waals surface area contributed by atoms with E-state index in [1.54, 1.807) is 6.92 Å². The topological polar surface area (TPSA) is 99.4 Å². The predicted molar refractivity (Wildman–Crippen MR) is 83.9 cm³/mol. The van der Waals surface area contributed by atoms with Gasteiger partial charge in [0.1, 0.15) is 5.56 Å². The quantitative estimate of drug-likeness (QED) is 0.878. The van der Waals surface area contributed by atoms with Crippen LogP contribution in [0.1, 0.15) is 22.2 Å². The first-order chi connectivity index (χ1) is 10.9. The minimum Gasteiger partial charge on any atom is -0.450 e. The summed E-state index contributed by atoms with van der Waals surface area (Å²) in [5, 5.41) is 3.80. The Balaban J connectivity index is 2.38. The van der Waals surface area contributed by atoms with Crippen LogP contribution in [0.15, 0.2) is 33.3 Å². The molecule has 2 amide bonds. The molecule has 0 radical (unpaired) electrons. The minimum absolute atomic E-state index is 0.0923. The smallest absolute Gasteiger partial charge is 0.414 e. The molecule has 0 aliphatic carbocycles. The number of thiophene rings is 1. The zero-order chi connectivity index (χ0) is 17.0. The number of hydrogen-bond acceptors (Lipinski definition) is 6. The fourth-order valence-corrected chi connectivity index (χ4v) is 2.60. The number of alkyl carbamates (subject to hydrolysis) is 1. The van der Waals surface area contributed by atoms with Gasteiger partial charge in [-0.2, -0.15) is 0 Å². The van der Waals surface area contributed by atoms with E-state index in [4.69, 9.17) is 0 Å². The fourth-order valence-electron chi connectivity index (χ4n) is 1.89. The molecule has 0 saturated heterocycles. The highest BCUT2D eigenvalue weighted by molar-refractivity contribution is 7.09. The summed E-state index contributed by atoms with van der Waals surface area (Å²) in [6.45, 7) is 1.91. The van der Waals surface area contributed by atoms with E-state index in [1.165, 1.54) is 23.0 Å². The number of carbonyl (C=O) groups is 2. The average Bonchev–Trinajstić information content (AvgIpc) is 3.01. The molecular formula is C14H15N3O5S. The van der Waals surface area contributed by atoms with Crippen molar-refractivity contribution in [3.05, 3.63) is 55.0 Å². The molecule has 2 heterocycles. The molecule has 9 heteroatoms. The molecule has 2 rings (SSSR count). The number of imide groups is 1. The molecule has 122 valence electrons. The minimum atomic E-state index is -0.949. The summed E-state index contributed by atoms with van der Waals surface area (Å²) in [5.41, 5.74) is -1.63. The summed E-state index contributed by atoms with van der Waals surface area (Å²) >= 11 is 1.45. The molecule has 0 bridgehead atoms. The van der Waals surface area contributed by atoms with Crippen molar-refractivity contribution in [2.45, 2.75) is 13.5 Å². The van der Waals surface area contributed by atoms with Crippen LogP contribution in [0.4, 0.5) is 4.79 Å². The molecule has 0 spiro atoms. The maximum Gasteiger partial charge on any atom is 0.414 e. The molecule has 0 fully saturated rings. The maximum atomic E-state index is 12.1. The van der Waals surface area contributed by atoms with Crippen molar-refractivity contribution in [2.75, 3.05) is 6.61 Å². The van der Waals surface area contributed by atoms with E-state index in [0.717, 1.165) is 15.6 Å². The van der Waals surface area contributed by atoms with E-state index in [-0.39, 0.29) is 18.7 Å². The van der Waals surface area contributed by atoms with Crippen LogP contribution in [0, 0.1) is 0 Å². The van der Waals surface area contributed by atoms with Gasteiger partial charge in [-0.25, -0.2) is 9.59 Å². The van der Waals surface area contributed by atoms with Crippen LogP contribution in [0.2, 0.25) is 0 Å². The summed E-state index contributed by atoms with van der Waals surface area (Å²) in [6.07, 6.45) is 0.203. The van der Waals surface area contributed by atoms with Gasteiger partial charge in [-0.3, -0.25) is 24.0 Å². The van der Waals surface area contributed by atoms with Gasteiger partial charge in [0.05, 0.1) is 13.2 Å². The van der Waals surface area contributed by atoms with Crippen LogP contribution in [-0.4, -0.2) is 27.7 Å². The Kier molecular flexibility index (Phi) is 5.12. The molecule has 23 heavy (non-hydrogen) atoms. The number of amides is 2. The van der Waals surface area contributed by atoms with E-state index >= 15 is 0 Å². The standard InChI is InChI=1S/C14H15N3O5S/c1-3-22-13(20)15-11(18)10-8-17(7-9-5-4-6-23-9)14(21)16(2)12(10)19/h4-6,8H,3,7H2,1-2H3,(H,15,18,20). The number of hydrogen-bond donors (Lipinski definition) is 1. The highest BCUT2D eigenvalue weighted by atomic mass is 32.1. The third-order valence-corrected chi connectivity index (χ3v) is 3.86. The number of ether oxygens (including phenoxy) is 1. The summed E-state index contributed by atoms with van der Waals surface area (Å²) in [5.74, 6) is -0.913. The van der Waals surface area contributed by atoms with Gasteiger partial charge in [0, 0.05) is 18.1 Å². The molecule has 2 aromatic rings. The van der Waals surface area contributed by atoms with Gasteiger partial charge in [-0.05, 0) is 18.4 Å². The van der Waals surface area contributed by atoms with Crippen molar-refractivity contribution < 1.29 is 14.3 Å². The van der Waals surface area contributed by atoms with Crippen LogP contribution in [-0.2, 0) is 18.3 Å². The van der Waals surface area contributed by atoms with Gasteiger partial charge in [0.15, 0.2) is 0 Å². The van der Waals surface area contributed by atoms with Crippen molar-refractivity contribution in [2.24, 2.45) is 7.05 Å². The molecule has 0 unspecified atom stereocenters. The molecule has 1 N–H and O–H groups in total. The highest BCUT2D eigenvalue weighted by Crippen LogP contribution is 2.09. The third-order valence-electron chi connectivity index (χ3n) is 2.99. The first-order valence-electron chi connectivity index (χ1n) is 6.75. The van der Waals surface area contributed by atoms with Crippen molar-refractivity contribution >= 4 is 23.3 Å². The second-order valence-corrected chi connectivity index (χ2v) is 5.60. The van der Waals surface area contributed by atoms with E-state index in [1.807, 2.05) is 22.8 Å². The Labute approximate surface area is 134 Å². The Morgan fingerprint density at radius 1 is 1.35 bits per heavy atom. The van der Waals surface area contributed by atoms with Crippen LogP contribution in [0.25, 0.3) is 0 Å². The predicted octanol–water partition coefficient (Wildman–Crippen LogP) is 0.543. The van der Waals surface area contributed by atoms with Crippen LogP contribution >= 0.6 is 11.3 Å². The summed E-state index contributed by atoms with van der Waals surface area (Å²) in [4.78, 5) is 48.4. The molecule has 0 aliphatic heterocycles. The number of aromatic nitrogens is 2. The Hall–Kier alpha value is -2.68. The van der Waals surface area contributed by atoms with E-state index in [9.17, 15) is 19.2 Å². The molecule has 0 aliphatic rings. The normalized spacial score (nSPS) is 10.3. The lowest BCUT2D eigenvalue weighted by Crippen LogP contribution is -2.43. The van der Waals surface area contributed by atoms with Gasteiger partial charge in [0.25, 0.3) is 11.5 Å². The van der Waals surface area contributed by atoms with Crippen molar-refractivity contribution in [1.82, 2.24) is 14.5 Å². The largest absolute Gasteiger partial charge is 0.450 e. The van der Waals surface area contributed by atoms with Crippen LogP contribution in [0.3, 0.4) is 0 Å². The summed E-state index contributed by atoms with van der Waals surface area (Å²) in [6, 6.07) is 3.67. The first kappa shape index (κ1) is 16.7. The van der Waals surface area contributed by atoms with E-state index in [0.29, 0.717) is 0 Å². The lowest BCUT2D eigenvalue weighted by atomic mass is 10.3. The van der Waals surface area contributed by atoms with Gasteiger partial charge in [0.2, 0.25) is 0 Å². The van der Waals surface area contributed by atoms with Crippen LogP contribution < -0.4 is 16.6 Å². The SMILES string of the molecule is CCOC(=O)NC(=O)c1cn(Cc2cccs2)c(=O)n(C)c1=O.